The van der Waals surface area contributed by atoms with Gasteiger partial charge in [-0.2, -0.15) is 0 Å². The topological polar surface area (TPSA) is 35.6 Å². The lowest BCUT2D eigenvalue weighted by molar-refractivity contribution is -0.130. The highest BCUT2D eigenvalue weighted by molar-refractivity contribution is 5.81. The normalized spacial score (nSPS) is 37.7. The molecule has 2 saturated heterocycles. The van der Waals surface area contributed by atoms with Crippen molar-refractivity contribution in [3.05, 3.63) is 0 Å². The van der Waals surface area contributed by atoms with E-state index in [1.807, 2.05) is 0 Å². The number of rotatable bonds is 3. The van der Waals surface area contributed by atoms with E-state index in [9.17, 15) is 4.79 Å². The fraction of sp³-hybridized carbons (Fsp3) is 0.933. The Morgan fingerprint density at radius 1 is 1.00 bits per heavy atom. The van der Waals surface area contributed by atoms with Crippen molar-refractivity contribution in [1.82, 2.24) is 15.1 Å². The van der Waals surface area contributed by atoms with Crippen molar-refractivity contribution in [3.63, 3.8) is 0 Å². The van der Waals surface area contributed by atoms with E-state index in [0.717, 1.165) is 12.6 Å². The zero-order valence-electron chi connectivity index (χ0n) is 11.7. The molecule has 2 saturated carbocycles. The van der Waals surface area contributed by atoms with Crippen molar-refractivity contribution in [1.29, 1.82) is 0 Å². The summed E-state index contributed by atoms with van der Waals surface area (Å²) in [5.41, 5.74) is 0. The smallest absolute Gasteiger partial charge is 0.238 e. The molecular formula is C15H25N3O. The lowest BCUT2D eigenvalue weighted by Crippen LogP contribution is -2.49. The number of likely N-dealkylation sites (tertiary alicyclic amines) is 1. The van der Waals surface area contributed by atoms with E-state index in [1.165, 1.54) is 51.5 Å². The quantitative estimate of drug-likeness (QED) is 0.830. The van der Waals surface area contributed by atoms with E-state index >= 15 is 0 Å². The molecule has 0 aromatic rings. The van der Waals surface area contributed by atoms with Gasteiger partial charge in [0.25, 0.3) is 0 Å². The summed E-state index contributed by atoms with van der Waals surface area (Å²) in [7, 11) is 0. The minimum atomic E-state index is 0.346. The first-order chi connectivity index (χ1) is 9.33. The first-order valence-electron chi connectivity index (χ1n) is 8.11. The van der Waals surface area contributed by atoms with Gasteiger partial charge in [-0.3, -0.25) is 15.0 Å². The molecule has 4 fully saturated rings. The van der Waals surface area contributed by atoms with E-state index in [4.69, 9.17) is 0 Å². The van der Waals surface area contributed by atoms with Gasteiger partial charge in [-0.05, 0) is 38.0 Å². The highest BCUT2D eigenvalue weighted by Gasteiger charge is 2.44. The molecule has 106 valence electrons. The monoisotopic (exact) mass is 263 g/mol. The number of carbonyl (C=O) groups is 1. The average Bonchev–Trinajstić information content (AvgIpc) is 2.85. The standard InChI is InChI=1S/C15H25N3O/c19-14-9-16-15(11-3-1-2-4-11)18(14)13-7-8-17(10-13)12-5-6-12/h11-13,15-16H,1-10H2. The largest absolute Gasteiger partial charge is 0.321 e. The second-order valence-corrected chi connectivity index (χ2v) is 6.84. The molecule has 2 atom stereocenters. The Bertz CT molecular complexity index is 362. The number of nitrogens with zero attached hydrogens (tertiary/aromatic N) is 2. The maximum absolute atomic E-state index is 12.3. The zero-order chi connectivity index (χ0) is 12.8. The minimum absolute atomic E-state index is 0.346. The zero-order valence-corrected chi connectivity index (χ0v) is 11.7. The summed E-state index contributed by atoms with van der Waals surface area (Å²) in [6.45, 7) is 2.90. The van der Waals surface area contributed by atoms with Crippen molar-refractivity contribution in [2.75, 3.05) is 19.6 Å². The predicted octanol–water partition coefficient (Wildman–Crippen LogP) is 1.17. The third-order valence-corrected chi connectivity index (χ3v) is 5.55. The molecule has 2 aliphatic carbocycles. The van der Waals surface area contributed by atoms with Crippen LogP contribution in [0.25, 0.3) is 0 Å². The van der Waals surface area contributed by atoms with Crippen LogP contribution in [0.4, 0.5) is 0 Å². The van der Waals surface area contributed by atoms with Crippen molar-refractivity contribution >= 4 is 5.91 Å². The highest BCUT2D eigenvalue weighted by Crippen LogP contribution is 2.35. The Morgan fingerprint density at radius 2 is 1.79 bits per heavy atom. The van der Waals surface area contributed by atoms with E-state index in [-0.39, 0.29) is 0 Å². The van der Waals surface area contributed by atoms with Gasteiger partial charge in [0.1, 0.15) is 0 Å². The third kappa shape index (κ3) is 2.19. The maximum atomic E-state index is 12.3. The molecule has 0 aromatic heterocycles. The second-order valence-electron chi connectivity index (χ2n) is 6.84. The molecule has 0 bridgehead atoms. The summed E-state index contributed by atoms with van der Waals surface area (Å²) in [4.78, 5) is 17.1. The van der Waals surface area contributed by atoms with Crippen LogP contribution >= 0.6 is 0 Å². The Labute approximate surface area is 115 Å². The lowest BCUT2D eigenvalue weighted by Gasteiger charge is -2.34. The second kappa shape index (κ2) is 4.74. The SMILES string of the molecule is O=C1CNC(C2CCCC2)N1C1CCN(C2CC2)C1. The van der Waals surface area contributed by atoms with Gasteiger partial charge in [0.2, 0.25) is 5.91 Å². The Hall–Kier alpha value is -0.610. The molecule has 19 heavy (non-hydrogen) atoms. The van der Waals surface area contributed by atoms with Crippen molar-refractivity contribution < 1.29 is 4.79 Å². The van der Waals surface area contributed by atoms with Gasteiger partial charge in [-0.25, -0.2) is 0 Å². The molecule has 2 aliphatic heterocycles. The number of hydrogen-bond acceptors (Lipinski definition) is 3. The molecule has 1 amide bonds. The van der Waals surface area contributed by atoms with Crippen LogP contribution in [0.2, 0.25) is 0 Å². The molecule has 0 radical (unpaired) electrons. The molecule has 1 N–H and O–H groups in total. The summed E-state index contributed by atoms with van der Waals surface area (Å²) in [6.07, 6.45) is 9.61. The summed E-state index contributed by atoms with van der Waals surface area (Å²) >= 11 is 0. The van der Waals surface area contributed by atoms with Crippen molar-refractivity contribution in [3.8, 4) is 0 Å². The summed E-state index contributed by atoms with van der Waals surface area (Å²) in [5.74, 6) is 1.06. The molecular weight excluding hydrogens is 238 g/mol. The van der Waals surface area contributed by atoms with Crippen LogP contribution < -0.4 is 5.32 Å². The lowest BCUT2D eigenvalue weighted by atomic mass is 10.0. The Morgan fingerprint density at radius 3 is 2.53 bits per heavy atom. The molecule has 4 rings (SSSR count). The molecule has 4 heteroatoms. The molecule has 4 aliphatic rings. The summed E-state index contributed by atoms with van der Waals surface area (Å²) in [6, 6.07) is 1.33. The highest BCUT2D eigenvalue weighted by atomic mass is 16.2. The first kappa shape index (κ1) is 12.2. The van der Waals surface area contributed by atoms with Gasteiger partial charge in [-0.15, -0.1) is 0 Å². The molecule has 2 heterocycles. The Kier molecular flexibility index (Phi) is 3.03. The van der Waals surface area contributed by atoms with E-state index < -0.39 is 0 Å². The van der Waals surface area contributed by atoms with Crippen LogP contribution in [0.5, 0.6) is 0 Å². The molecule has 0 spiro atoms. The van der Waals surface area contributed by atoms with Crippen LogP contribution in [0.15, 0.2) is 0 Å². The fourth-order valence-corrected chi connectivity index (χ4v) is 4.40. The van der Waals surface area contributed by atoms with Gasteiger partial charge in [-0.1, -0.05) is 12.8 Å². The van der Waals surface area contributed by atoms with Crippen molar-refractivity contribution in [2.45, 2.75) is 63.2 Å². The van der Waals surface area contributed by atoms with Gasteiger partial charge in [0.05, 0.1) is 12.7 Å². The molecule has 2 unspecified atom stereocenters. The summed E-state index contributed by atoms with van der Waals surface area (Å²) < 4.78 is 0. The van der Waals surface area contributed by atoms with E-state index in [1.54, 1.807) is 0 Å². The molecule has 0 aromatic carbocycles. The van der Waals surface area contributed by atoms with Gasteiger partial charge in [0, 0.05) is 25.2 Å². The summed E-state index contributed by atoms with van der Waals surface area (Å²) in [5, 5.41) is 3.49. The minimum Gasteiger partial charge on any atom is -0.321 e. The maximum Gasteiger partial charge on any atom is 0.238 e. The third-order valence-electron chi connectivity index (χ3n) is 5.55. The van der Waals surface area contributed by atoms with Gasteiger partial charge < -0.3 is 4.90 Å². The van der Waals surface area contributed by atoms with Crippen LogP contribution in [-0.4, -0.2) is 53.6 Å². The first-order valence-corrected chi connectivity index (χ1v) is 8.11. The predicted molar refractivity (Wildman–Crippen MR) is 73.6 cm³/mol. The number of amides is 1. The average molecular weight is 263 g/mol. The van der Waals surface area contributed by atoms with Crippen molar-refractivity contribution in [2.24, 2.45) is 5.92 Å². The van der Waals surface area contributed by atoms with Crippen LogP contribution in [-0.2, 0) is 4.79 Å². The number of hydrogen-bond donors (Lipinski definition) is 1. The van der Waals surface area contributed by atoms with E-state index in [0.29, 0.717) is 30.6 Å². The van der Waals surface area contributed by atoms with Gasteiger partial charge >= 0.3 is 0 Å². The number of nitrogens with one attached hydrogen (secondary N) is 1. The van der Waals surface area contributed by atoms with Crippen LogP contribution in [0.3, 0.4) is 0 Å². The number of carbonyl (C=O) groups excluding carboxylic acids is 1. The Balaban J connectivity index is 1.46. The van der Waals surface area contributed by atoms with E-state index in [2.05, 4.69) is 15.1 Å². The van der Waals surface area contributed by atoms with Crippen LogP contribution in [0.1, 0.15) is 44.9 Å². The fourth-order valence-electron chi connectivity index (χ4n) is 4.40. The molecule has 4 nitrogen and oxygen atoms in total. The van der Waals surface area contributed by atoms with Crippen LogP contribution in [0, 0.1) is 5.92 Å². The van der Waals surface area contributed by atoms with Gasteiger partial charge in [0.15, 0.2) is 0 Å².